The van der Waals surface area contributed by atoms with Gasteiger partial charge in [0.25, 0.3) is 5.69 Å². The summed E-state index contributed by atoms with van der Waals surface area (Å²) in [6, 6.07) is 4.95. The normalized spacial score (nSPS) is 23.9. The van der Waals surface area contributed by atoms with Gasteiger partial charge >= 0.3 is 18.1 Å². The van der Waals surface area contributed by atoms with Gasteiger partial charge in [-0.15, -0.1) is 0 Å². The Morgan fingerprint density at radius 3 is 2.18 bits per heavy atom. The molecule has 1 fully saturated rings. The fourth-order valence-electron chi connectivity index (χ4n) is 2.52. The number of carboxylic acid groups (broad SMARTS) is 1. The number of benzene rings is 1. The number of ether oxygens (including phenoxy) is 5. The van der Waals surface area contributed by atoms with Crippen molar-refractivity contribution in [3.8, 4) is 5.75 Å². The predicted molar refractivity (Wildman–Crippen MR) is 87.5 cm³/mol. The second kappa shape index (κ2) is 8.99. The third-order valence-corrected chi connectivity index (χ3v) is 3.54. The van der Waals surface area contributed by atoms with Crippen molar-refractivity contribution in [1.82, 2.24) is 0 Å². The fourth-order valence-corrected chi connectivity index (χ4v) is 2.52. The molecule has 1 aromatic rings. The minimum Gasteiger partial charge on any atom is -0.461 e. The first-order chi connectivity index (χ1) is 13.2. The van der Waals surface area contributed by atoms with E-state index in [2.05, 4.69) is 0 Å². The Morgan fingerprint density at radius 1 is 1.07 bits per heavy atom. The molecule has 152 valence electrons. The second-order valence-corrected chi connectivity index (χ2v) is 5.64. The Morgan fingerprint density at radius 2 is 1.68 bits per heavy atom. The largest absolute Gasteiger partial charge is 0.506 e. The van der Waals surface area contributed by atoms with Crippen molar-refractivity contribution in [3.05, 3.63) is 34.4 Å². The average molecular weight is 399 g/mol. The zero-order valence-corrected chi connectivity index (χ0v) is 14.8. The van der Waals surface area contributed by atoms with E-state index in [-0.39, 0.29) is 18.0 Å². The number of nitro benzene ring substituents is 1. The minimum atomic E-state index is -1.68. The van der Waals surface area contributed by atoms with Crippen molar-refractivity contribution >= 4 is 23.8 Å². The first-order valence-corrected chi connectivity index (χ1v) is 7.94. The first-order valence-electron chi connectivity index (χ1n) is 7.94. The molecule has 12 nitrogen and oxygen atoms in total. The molecule has 0 amide bonds. The maximum atomic E-state index is 11.5. The number of carbonyl (C=O) groups is 3. The molecule has 1 aromatic carbocycles. The van der Waals surface area contributed by atoms with E-state index in [1.165, 1.54) is 24.3 Å². The average Bonchev–Trinajstić information content (AvgIpc) is 2.59. The van der Waals surface area contributed by atoms with E-state index in [9.17, 15) is 24.5 Å². The molecule has 28 heavy (non-hydrogen) atoms. The van der Waals surface area contributed by atoms with Gasteiger partial charge in [0.05, 0.1) is 11.5 Å². The second-order valence-electron chi connectivity index (χ2n) is 5.64. The number of esters is 2. The molecule has 0 radical (unpaired) electrons. The summed E-state index contributed by atoms with van der Waals surface area (Å²) in [7, 11) is 0. The van der Waals surface area contributed by atoms with Crippen molar-refractivity contribution in [3.63, 3.8) is 0 Å². The molecule has 1 saturated heterocycles. The van der Waals surface area contributed by atoms with Crippen LogP contribution in [0.25, 0.3) is 0 Å². The Bertz CT molecular complexity index is 747. The van der Waals surface area contributed by atoms with Gasteiger partial charge in [0.2, 0.25) is 12.4 Å². The van der Waals surface area contributed by atoms with Gasteiger partial charge in [-0.2, -0.15) is 0 Å². The Hall–Kier alpha value is -3.41. The third kappa shape index (κ3) is 5.54. The zero-order valence-electron chi connectivity index (χ0n) is 14.8. The molecular weight excluding hydrogens is 382 g/mol. The van der Waals surface area contributed by atoms with Crippen LogP contribution < -0.4 is 4.74 Å². The highest BCUT2D eigenvalue weighted by atomic mass is 16.7. The highest BCUT2D eigenvalue weighted by molar-refractivity contribution is 5.67. The summed E-state index contributed by atoms with van der Waals surface area (Å²) in [5, 5.41) is 19.7. The van der Waals surface area contributed by atoms with E-state index in [0.29, 0.717) is 0 Å². The molecule has 4 atom stereocenters. The molecule has 0 aliphatic carbocycles. The summed E-state index contributed by atoms with van der Waals surface area (Å²) in [5.74, 6) is -1.37. The monoisotopic (exact) mass is 399 g/mol. The molecule has 2 rings (SSSR count). The summed E-state index contributed by atoms with van der Waals surface area (Å²) < 4.78 is 25.8. The summed E-state index contributed by atoms with van der Waals surface area (Å²) in [5.41, 5.74) is -0.171. The molecular formula is C16H17NO11. The van der Waals surface area contributed by atoms with E-state index in [0.717, 1.165) is 13.8 Å². The number of non-ortho nitro benzene ring substituents is 1. The maximum absolute atomic E-state index is 11.5. The van der Waals surface area contributed by atoms with Gasteiger partial charge < -0.3 is 28.8 Å². The Kier molecular flexibility index (Phi) is 6.71. The molecule has 0 spiro atoms. The van der Waals surface area contributed by atoms with Crippen molar-refractivity contribution in [2.45, 2.75) is 38.4 Å². The summed E-state index contributed by atoms with van der Waals surface area (Å²) in [6.07, 6.45) is -6.99. The van der Waals surface area contributed by atoms with Crippen molar-refractivity contribution < 1.29 is 48.1 Å². The lowest BCUT2D eigenvalue weighted by Crippen LogP contribution is -2.59. The number of nitrogens with zero attached hydrogens (tertiary/aromatic N) is 1. The highest BCUT2D eigenvalue weighted by Gasteiger charge is 2.48. The van der Waals surface area contributed by atoms with Gasteiger partial charge in [-0.1, -0.05) is 0 Å². The molecule has 12 heteroatoms. The van der Waals surface area contributed by atoms with Crippen molar-refractivity contribution in [2.24, 2.45) is 0 Å². The van der Waals surface area contributed by atoms with Crippen LogP contribution in [-0.4, -0.2) is 59.3 Å². The van der Waals surface area contributed by atoms with Crippen LogP contribution in [0.1, 0.15) is 13.8 Å². The van der Waals surface area contributed by atoms with Crippen LogP contribution in [0.3, 0.4) is 0 Å². The zero-order chi connectivity index (χ0) is 20.8. The lowest BCUT2D eigenvalue weighted by molar-refractivity contribution is -0.384. The smallest absolute Gasteiger partial charge is 0.461 e. The number of hydrogen-bond acceptors (Lipinski definition) is 10. The van der Waals surface area contributed by atoms with E-state index >= 15 is 0 Å². The topological polar surface area (TPSA) is 161 Å². The van der Waals surface area contributed by atoms with Crippen LogP contribution in [0.5, 0.6) is 5.75 Å². The van der Waals surface area contributed by atoms with Gasteiger partial charge in [-0.05, 0) is 12.1 Å². The van der Waals surface area contributed by atoms with Crippen LogP contribution in [0.15, 0.2) is 24.3 Å². The fraction of sp³-hybridized carbons (Fsp3) is 0.438. The number of rotatable bonds is 6. The lowest BCUT2D eigenvalue weighted by Gasteiger charge is -2.39. The Labute approximate surface area is 158 Å². The summed E-state index contributed by atoms with van der Waals surface area (Å²) in [4.78, 5) is 43.9. The lowest BCUT2D eigenvalue weighted by atomic mass is 10.0. The molecule has 1 aliphatic rings. The SMILES string of the molecule is CC(=O)O[C@@H]1[C@@H](Oc2ccc([N+](=O)[O-])cc2)OC[C@@H](OC(C)=O)[C@H]1OC(=O)O. The number of nitro groups is 1. The van der Waals surface area contributed by atoms with Crippen LogP contribution in [-0.2, 0) is 28.5 Å². The van der Waals surface area contributed by atoms with E-state index < -0.39 is 47.6 Å². The quantitative estimate of drug-likeness (QED) is 0.317. The summed E-state index contributed by atoms with van der Waals surface area (Å²) in [6.45, 7) is 1.89. The van der Waals surface area contributed by atoms with E-state index in [1.807, 2.05) is 0 Å². The van der Waals surface area contributed by atoms with Crippen molar-refractivity contribution in [1.29, 1.82) is 0 Å². The molecule has 0 bridgehead atoms. The molecule has 1 N–H and O–H groups in total. The van der Waals surface area contributed by atoms with Crippen LogP contribution in [0.4, 0.5) is 10.5 Å². The number of hydrogen-bond donors (Lipinski definition) is 1. The van der Waals surface area contributed by atoms with Crippen molar-refractivity contribution in [2.75, 3.05) is 6.61 Å². The van der Waals surface area contributed by atoms with Gasteiger partial charge in [0.1, 0.15) is 5.75 Å². The van der Waals surface area contributed by atoms with Crippen LogP contribution >= 0.6 is 0 Å². The minimum absolute atomic E-state index is 0.132. The molecule has 0 saturated carbocycles. The van der Waals surface area contributed by atoms with Crippen LogP contribution in [0, 0.1) is 10.1 Å². The summed E-state index contributed by atoms with van der Waals surface area (Å²) >= 11 is 0. The predicted octanol–water partition coefficient (Wildman–Crippen LogP) is 1.26. The third-order valence-electron chi connectivity index (χ3n) is 3.54. The highest BCUT2D eigenvalue weighted by Crippen LogP contribution is 2.27. The molecule has 1 aliphatic heterocycles. The standard InChI is InChI=1S/C16H17NO11/c1-8(18)25-12-7-24-15(14(26-9(2)19)13(12)28-16(20)21)27-11-5-3-10(4-6-11)17(22)23/h3-6,12-15H,7H2,1-2H3,(H,20,21)/t12-,13-,14+,15-/m1/s1. The van der Waals surface area contributed by atoms with E-state index in [4.69, 9.17) is 28.8 Å². The molecule has 0 aromatic heterocycles. The molecule has 1 heterocycles. The maximum Gasteiger partial charge on any atom is 0.506 e. The van der Waals surface area contributed by atoms with Gasteiger partial charge in [-0.3, -0.25) is 19.7 Å². The van der Waals surface area contributed by atoms with Gasteiger partial charge in [0.15, 0.2) is 12.2 Å². The van der Waals surface area contributed by atoms with Gasteiger partial charge in [0, 0.05) is 26.0 Å². The van der Waals surface area contributed by atoms with Crippen LogP contribution in [0.2, 0.25) is 0 Å². The first kappa shape index (κ1) is 20.9. The Balaban J connectivity index is 2.25. The van der Waals surface area contributed by atoms with Gasteiger partial charge in [-0.25, -0.2) is 4.79 Å². The van der Waals surface area contributed by atoms with E-state index in [1.54, 1.807) is 0 Å². The number of carbonyl (C=O) groups excluding carboxylic acids is 2. The molecule has 0 unspecified atom stereocenters.